The van der Waals surface area contributed by atoms with Gasteiger partial charge in [0.05, 0.1) is 20.4 Å². The summed E-state index contributed by atoms with van der Waals surface area (Å²) in [7, 11) is 3.19. The van der Waals surface area contributed by atoms with E-state index < -0.39 is 0 Å². The average molecular weight is 254 g/mol. The number of methoxy groups -OCH3 is 2. The van der Waals surface area contributed by atoms with Crippen molar-refractivity contribution in [3.05, 3.63) is 29.4 Å². The molecule has 1 aromatic carbocycles. The fourth-order valence-corrected chi connectivity index (χ4v) is 1.66. The van der Waals surface area contributed by atoms with Gasteiger partial charge >= 0.3 is 0 Å². The van der Waals surface area contributed by atoms with Crippen molar-refractivity contribution in [2.45, 2.75) is 13.8 Å². The van der Waals surface area contributed by atoms with Gasteiger partial charge in [-0.25, -0.2) is 4.98 Å². The van der Waals surface area contributed by atoms with Crippen molar-refractivity contribution in [1.29, 1.82) is 0 Å². The molecule has 0 bridgehead atoms. The molecule has 0 aliphatic heterocycles. The van der Waals surface area contributed by atoms with Crippen molar-refractivity contribution < 1.29 is 9.47 Å². The second-order valence-corrected chi connectivity index (χ2v) is 3.46. The topological polar surface area (TPSA) is 31.4 Å². The van der Waals surface area contributed by atoms with E-state index in [1.165, 1.54) is 0 Å². The van der Waals surface area contributed by atoms with Gasteiger partial charge < -0.3 is 9.47 Å². The molecule has 0 atom stereocenters. The molecule has 0 amide bonds. The van der Waals surface area contributed by atoms with Gasteiger partial charge in [0.15, 0.2) is 0 Å². The molecule has 3 nitrogen and oxygen atoms in total. The third-order valence-corrected chi connectivity index (χ3v) is 2.42. The van der Waals surface area contributed by atoms with Crippen LogP contribution in [0.15, 0.2) is 24.4 Å². The SMILES string of the molecule is CC.COc1cnc(OC)c2cc(Cl)ccc12. The molecule has 0 aliphatic rings. The summed E-state index contributed by atoms with van der Waals surface area (Å²) < 4.78 is 10.4. The fraction of sp³-hybridized carbons (Fsp3) is 0.308. The minimum atomic E-state index is 0.549. The summed E-state index contributed by atoms with van der Waals surface area (Å²) in [6.07, 6.45) is 1.63. The van der Waals surface area contributed by atoms with E-state index in [1.54, 1.807) is 20.4 Å². The lowest BCUT2D eigenvalue weighted by atomic mass is 10.1. The highest BCUT2D eigenvalue weighted by Gasteiger charge is 2.08. The summed E-state index contributed by atoms with van der Waals surface area (Å²) in [5.74, 6) is 1.26. The molecule has 4 heteroatoms. The van der Waals surface area contributed by atoms with Crippen LogP contribution < -0.4 is 9.47 Å². The summed E-state index contributed by atoms with van der Waals surface area (Å²) in [4.78, 5) is 4.13. The minimum absolute atomic E-state index is 0.549. The lowest BCUT2D eigenvalue weighted by Crippen LogP contribution is -1.92. The van der Waals surface area contributed by atoms with Gasteiger partial charge in [0.1, 0.15) is 5.75 Å². The number of hydrogen-bond acceptors (Lipinski definition) is 3. The van der Waals surface area contributed by atoms with Crippen LogP contribution in [0.5, 0.6) is 11.6 Å². The summed E-state index contributed by atoms with van der Waals surface area (Å²) >= 11 is 5.92. The van der Waals surface area contributed by atoms with Gasteiger partial charge in [-0.3, -0.25) is 0 Å². The molecule has 0 spiro atoms. The first-order valence-electron chi connectivity index (χ1n) is 5.42. The molecule has 92 valence electrons. The van der Waals surface area contributed by atoms with E-state index >= 15 is 0 Å². The zero-order valence-corrected chi connectivity index (χ0v) is 11.2. The van der Waals surface area contributed by atoms with Gasteiger partial charge in [0.2, 0.25) is 5.88 Å². The number of pyridine rings is 1. The molecule has 0 saturated heterocycles. The molecule has 0 fully saturated rings. The number of fused-ring (bicyclic) bond motifs is 1. The van der Waals surface area contributed by atoms with E-state index in [1.807, 2.05) is 32.0 Å². The molecule has 0 unspecified atom stereocenters. The Hall–Kier alpha value is -1.48. The number of nitrogens with zero attached hydrogens (tertiary/aromatic N) is 1. The van der Waals surface area contributed by atoms with Gasteiger partial charge in [-0.2, -0.15) is 0 Å². The van der Waals surface area contributed by atoms with E-state index in [2.05, 4.69) is 4.98 Å². The highest BCUT2D eigenvalue weighted by Crippen LogP contribution is 2.32. The number of benzene rings is 1. The number of halogens is 1. The van der Waals surface area contributed by atoms with Crippen LogP contribution in [0.25, 0.3) is 10.8 Å². The first kappa shape index (κ1) is 13.6. The van der Waals surface area contributed by atoms with Gasteiger partial charge in [0, 0.05) is 15.8 Å². The third-order valence-electron chi connectivity index (χ3n) is 2.19. The first-order valence-corrected chi connectivity index (χ1v) is 5.80. The number of ether oxygens (including phenoxy) is 2. The predicted molar refractivity (Wildman–Crippen MR) is 71.2 cm³/mol. The zero-order chi connectivity index (χ0) is 12.8. The van der Waals surface area contributed by atoms with Gasteiger partial charge in [-0.1, -0.05) is 25.4 Å². The molecule has 1 heterocycles. The van der Waals surface area contributed by atoms with Crippen molar-refractivity contribution in [3.63, 3.8) is 0 Å². The molecule has 0 N–H and O–H groups in total. The summed E-state index contributed by atoms with van der Waals surface area (Å²) in [6, 6.07) is 5.51. The highest BCUT2D eigenvalue weighted by molar-refractivity contribution is 6.31. The van der Waals surface area contributed by atoms with Crippen LogP contribution in [0.1, 0.15) is 13.8 Å². The van der Waals surface area contributed by atoms with E-state index in [9.17, 15) is 0 Å². The van der Waals surface area contributed by atoms with Gasteiger partial charge in [0.25, 0.3) is 0 Å². The van der Waals surface area contributed by atoms with E-state index in [4.69, 9.17) is 21.1 Å². The van der Waals surface area contributed by atoms with E-state index in [-0.39, 0.29) is 0 Å². The lowest BCUT2D eigenvalue weighted by Gasteiger charge is -2.08. The molecule has 0 aliphatic carbocycles. The van der Waals surface area contributed by atoms with Crippen molar-refractivity contribution in [2.24, 2.45) is 0 Å². The molecular formula is C13H16ClNO2. The smallest absolute Gasteiger partial charge is 0.221 e. The Bertz CT molecular complexity index is 500. The Morgan fingerprint density at radius 3 is 2.35 bits per heavy atom. The van der Waals surface area contributed by atoms with Crippen LogP contribution in [0.2, 0.25) is 5.02 Å². The number of hydrogen-bond donors (Lipinski definition) is 0. The molecular weight excluding hydrogens is 238 g/mol. The average Bonchev–Trinajstić information content (AvgIpc) is 2.39. The minimum Gasteiger partial charge on any atom is -0.494 e. The number of rotatable bonds is 2. The van der Waals surface area contributed by atoms with Crippen LogP contribution in [0.3, 0.4) is 0 Å². The summed E-state index contributed by atoms with van der Waals surface area (Å²) in [5.41, 5.74) is 0. The predicted octanol–water partition coefficient (Wildman–Crippen LogP) is 3.93. The van der Waals surface area contributed by atoms with E-state index in [0.717, 1.165) is 10.8 Å². The maximum Gasteiger partial charge on any atom is 0.221 e. The molecule has 2 rings (SSSR count). The second-order valence-electron chi connectivity index (χ2n) is 3.03. The van der Waals surface area contributed by atoms with Crippen LogP contribution in [-0.2, 0) is 0 Å². The van der Waals surface area contributed by atoms with Crippen LogP contribution in [-0.4, -0.2) is 19.2 Å². The maximum atomic E-state index is 5.92. The lowest BCUT2D eigenvalue weighted by molar-refractivity contribution is 0.395. The molecule has 2 aromatic rings. The van der Waals surface area contributed by atoms with Crippen molar-refractivity contribution in [1.82, 2.24) is 4.98 Å². The normalized spacial score (nSPS) is 9.47. The molecule has 0 saturated carbocycles. The largest absolute Gasteiger partial charge is 0.494 e. The van der Waals surface area contributed by atoms with Crippen LogP contribution in [0, 0.1) is 0 Å². The Balaban J connectivity index is 0.000000686. The summed E-state index contributed by atoms with van der Waals surface area (Å²) in [6.45, 7) is 4.00. The molecule has 17 heavy (non-hydrogen) atoms. The Kier molecular flexibility index (Phi) is 5.04. The molecule has 0 radical (unpaired) electrons. The van der Waals surface area contributed by atoms with Crippen molar-refractivity contribution >= 4 is 22.4 Å². The Labute approximate surface area is 106 Å². The van der Waals surface area contributed by atoms with Crippen molar-refractivity contribution in [2.75, 3.05) is 14.2 Å². The van der Waals surface area contributed by atoms with E-state index in [0.29, 0.717) is 16.7 Å². The fourth-order valence-electron chi connectivity index (χ4n) is 1.49. The van der Waals surface area contributed by atoms with Gasteiger partial charge in [-0.15, -0.1) is 0 Å². The first-order chi connectivity index (χ1) is 8.26. The number of aromatic nitrogens is 1. The highest BCUT2D eigenvalue weighted by atomic mass is 35.5. The van der Waals surface area contributed by atoms with Crippen LogP contribution in [0.4, 0.5) is 0 Å². The van der Waals surface area contributed by atoms with Crippen LogP contribution >= 0.6 is 11.6 Å². The van der Waals surface area contributed by atoms with Crippen molar-refractivity contribution in [3.8, 4) is 11.6 Å². The Morgan fingerprint density at radius 2 is 1.76 bits per heavy atom. The van der Waals surface area contributed by atoms with Gasteiger partial charge in [-0.05, 0) is 18.2 Å². The standard InChI is InChI=1S/C11H10ClNO2.C2H6/c1-14-10-6-13-11(15-2)9-5-7(12)3-4-8(9)10;1-2/h3-6H,1-2H3;1-2H3. The maximum absolute atomic E-state index is 5.92. The quantitative estimate of drug-likeness (QED) is 0.813. The third kappa shape index (κ3) is 2.80. The Morgan fingerprint density at radius 1 is 1.06 bits per heavy atom. The summed E-state index contributed by atoms with van der Waals surface area (Å²) in [5, 5.41) is 2.44. The second kappa shape index (κ2) is 6.30. The molecule has 1 aromatic heterocycles. The zero-order valence-electron chi connectivity index (χ0n) is 10.5. The monoisotopic (exact) mass is 253 g/mol.